The predicted molar refractivity (Wildman–Crippen MR) is 98.8 cm³/mol. The molecule has 2 aliphatic rings. The molecule has 2 saturated heterocycles. The molecule has 2 fully saturated rings. The highest BCUT2D eigenvalue weighted by Gasteiger charge is 2.27. The van der Waals surface area contributed by atoms with Crippen LogP contribution in [0.25, 0.3) is 11.0 Å². The first-order chi connectivity index (χ1) is 12.8. The summed E-state index contributed by atoms with van der Waals surface area (Å²) in [7, 11) is 0. The number of fused-ring (bicyclic) bond motifs is 1. The second-order valence-electron chi connectivity index (χ2n) is 7.21. The summed E-state index contributed by atoms with van der Waals surface area (Å²) in [4.78, 5) is 24.2. The molecule has 26 heavy (non-hydrogen) atoms. The lowest BCUT2D eigenvalue weighted by molar-refractivity contribution is -0.117. The van der Waals surface area contributed by atoms with E-state index < -0.39 is 0 Å². The van der Waals surface area contributed by atoms with Crippen molar-refractivity contribution in [1.29, 1.82) is 0 Å². The van der Waals surface area contributed by atoms with Gasteiger partial charge in [-0.2, -0.15) is 5.10 Å². The quantitative estimate of drug-likeness (QED) is 0.784. The molecule has 1 aromatic carbocycles. The van der Waals surface area contributed by atoms with Crippen LogP contribution in [0.3, 0.4) is 0 Å². The van der Waals surface area contributed by atoms with Gasteiger partial charge in [-0.05, 0) is 25.0 Å². The summed E-state index contributed by atoms with van der Waals surface area (Å²) in [5.41, 5.74) is 3.04. The van der Waals surface area contributed by atoms with Gasteiger partial charge in [0.1, 0.15) is 5.82 Å². The Kier molecular flexibility index (Phi) is 3.74. The zero-order valence-corrected chi connectivity index (χ0v) is 14.6. The molecule has 0 saturated carbocycles. The van der Waals surface area contributed by atoms with Gasteiger partial charge in [-0.15, -0.1) is 0 Å². The van der Waals surface area contributed by atoms with Gasteiger partial charge in [-0.25, -0.2) is 4.98 Å². The first kappa shape index (κ1) is 15.6. The fourth-order valence-electron chi connectivity index (χ4n) is 4.05. The van der Waals surface area contributed by atoms with Crippen molar-refractivity contribution in [3.05, 3.63) is 42.5 Å². The number of carbonyl (C=O) groups excluding carboxylic acids is 1. The van der Waals surface area contributed by atoms with Crippen molar-refractivity contribution in [1.82, 2.24) is 24.6 Å². The number of likely N-dealkylation sites (tertiary alicyclic amines) is 1. The average Bonchev–Trinajstić information content (AvgIpc) is 3.40. The normalized spacial score (nSPS) is 21.3. The maximum Gasteiger partial charge on any atom is 0.227 e. The number of hydrogen-bond donors (Lipinski definition) is 1. The molecule has 7 heteroatoms. The van der Waals surface area contributed by atoms with Crippen molar-refractivity contribution in [3.8, 4) is 0 Å². The van der Waals surface area contributed by atoms with Crippen LogP contribution in [0.5, 0.6) is 0 Å². The van der Waals surface area contributed by atoms with Crippen molar-refractivity contribution in [2.45, 2.75) is 31.8 Å². The Morgan fingerprint density at radius 2 is 2.15 bits per heavy atom. The summed E-state index contributed by atoms with van der Waals surface area (Å²) in [5, 5.41) is 4.53. The molecular formula is C19H22N6O. The molecule has 4 heterocycles. The lowest BCUT2D eigenvalue weighted by Gasteiger charge is -2.15. The third-order valence-electron chi connectivity index (χ3n) is 5.41. The van der Waals surface area contributed by atoms with Gasteiger partial charge in [-0.1, -0.05) is 12.1 Å². The van der Waals surface area contributed by atoms with Crippen LogP contribution >= 0.6 is 0 Å². The number of rotatable bonds is 4. The lowest BCUT2D eigenvalue weighted by Crippen LogP contribution is -2.23. The Balaban J connectivity index is 1.25. The predicted octanol–water partition coefficient (Wildman–Crippen LogP) is 2.33. The van der Waals surface area contributed by atoms with E-state index in [-0.39, 0.29) is 5.91 Å². The summed E-state index contributed by atoms with van der Waals surface area (Å²) >= 11 is 0. The zero-order valence-electron chi connectivity index (χ0n) is 14.6. The van der Waals surface area contributed by atoms with Gasteiger partial charge in [-0.3, -0.25) is 14.4 Å². The van der Waals surface area contributed by atoms with Crippen LogP contribution in [0.4, 0.5) is 5.69 Å². The number of nitrogens with one attached hydrogen (secondary N) is 1. The van der Waals surface area contributed by atoms with Gasteiger partial charge in [0.25, 0.3) is 0 Å². The molecule has 0 spiro atoms. The Morgan fingerprint density at radius 3 is 3.00 bits per heavy atom. The summed E-state index contributed by atoms with van der Waals surface area (Å²) in [6.07, 6.45) is 6.51. The van der Waals surface area contributed by atoms with Gasteiger partial charge in [0, 0.05) is 32.3 Å². The molecule has 2 aromatic heterocycles. The molecule has 5 rings (SSSR count). The van der Waals surface area contributed by atoms with E-state index in [0.29, 0.717) is 12.5 Å². The molecular weight excluding hydrogens is 328 g/mol. The summed E-state index contributed by atoms with van der Waals surface area (Å²) < 4.78 is 2.03. The van der Waals surface area contributed by atoms with Gasteiger partial charge in [0.2, 0.25) is 5.91 Å². The van der Waals surface area contributed by atoms with Crippen molar-refractivity contribution < 1.29 is 4.79 Å². The van der Waals surface area contributed by atoms with Crippen LogP contribution in [0.15, 0.2) is 36.7 Å². The van der Waals surface area contributed by atoms with E-state index >= 15 is 0 Å². The second kappa shape index (κ2) is 6.25. The second-order valence-corrected chi connectivity index (χ2v) is 7.21. The number of aromatic amines is 1. The van der Waals surface area contributed by atoms with Crippen LogP contribution in [0, 0.1) is 0 Å². The number of hydrogen-bond acceptors (Lipinski definition) is 4. The van der Waals surface area contributed by atoms with Gasteiger partial charge >= 0.3 is 0 Å². The van der Waals surface area contributed by atoms with Crippen LogP contribution < -0.4 is 4.90 Å². The number of benzene rings is 1. The minimum absolute atomic E-state index is 0.211. The Hall–Kier alpha value is -2.67. The maximum absolute atomic E-state index is 11.9. The lowest BCUT2D eigenvalue weighted by atomic mass is 10.3. The van der Waals surface area contributed by atoms with Crippen LogP contribution in [0.1, 0.15) is 31.1 Å². The van der Waals surface area contributed by atoms with E-state index in [2.05, 4.69) is 26.0 Å². The first-order valence-corrected chi connectivity index (χ1v) is 9.27. The number of amides is 1. The Labute approximate surface area is 151 Å². The standard InChI is InChI=1S/C19H22N6O/c26-19-6-3-8-24(19)15-10-20-25(12-15)14-7-9-23(11-14)13-18-21-16-4-1-2-5-17(16)22-18/h1-2,4-5,10,12,14H,3,6-9,11,13H2,(H,21,22). The summed E-state index contributed by atoms with van der Waals surface area (Å²) in [5.74, 6) is 1.22. The van der Waals surface area contributed by atoms with Gasteiger partial charge in [0.15, 0.2) is 0 Å². The van der Waals surface area contributed by atoms with E-state index in [9.17, 15) is 4.79 Å². The number of carbonyl (C=O) groups is 1. The van der Waals surface area contributed by atoms with Crippen molar-refractivity contribution in [3.63, 3.8) is 0 Å². The number of imidazole rings is 1. The van der Waals surface area contributed by atoms with E-state index in [4.69, 9.17) is 0 Å². The molecule has 1 unspecified atom stereocenters. The Bertz CT molecular complexity index is 911. The molecule has 134 valence electrons. The molecule has 2 aliphatic heterocycles. The van der Waals surface area contributed by atoms with Crippen LogP contribution in [-0.4, -0.2) is 50.2 Å². The summed E-state index contributed by atoms with van der Waals surface area (Å²) in [6.45, 7) is 3.61. The fraction of sp³-hybridized carbons (Fsp3) is 0.421. The minimum atomic E-state index is 0.211. The van der Waals surface area contributed by atoms with Crippen molar-refractivity contribution in [2.75, 3.05) is 24.5 Å². The number of nitrogens with zero attached hydrogens (tertiary/aromatic N) is 5. The van der Waals surface area contributed by atoms with Crippen LogP contribution in [-0.2, 0) is 11.3 Å². The molecule has 0 bridgehead atoms. The molecule has 7 nitrogen and oxygen atoms in total. The maximum atomic E-state index is 11.9. The number of anilines is 1. The minimum Gasteiger partial charge on any atom is -0.341 e. The monoisotopic (exact) mass is 350 g/mol. The number of aromatic nitrogens is 4. The van der Waals surface area contributed by atoms with Crippen LogP contribution in [0.2, 0.25) is 0 Å². The molecule has 3 aromatic rings. The van der Waals surface area contributed by atoms with E-state index in [1.807, 2.05) is 40.2 Å². The zero-order chi connectivity index (χ0) is 17.5. The highest BCUT2D eigenvalue weighted by atomic mass is 16.2. The van der Waals surface area contributed by atoms with E-state index in [1.165, 1.54) is 0 Å². The molecule has 1 amide bonds. The van der Waals surface area contributed by atoms with Crippen molar-refractivity contribution in [2.24, 2.45) is 0 Å². The van der Waals surface area contributed by atoms with Gasteiger partial charge in [0.05, 0.1) is 35.5 Å². The first-order valence-electron chi connectivity index (χ1n) is 9.27. The van der Waals surface area contributed by atoms with Crippen molar-refractivity contribution >= 4 is 22.6 Å². The van der Waals surface area contributed by atoms with E-state index in [0.717, 1.165) is 61.6 Å². The number of para-hydroxylation sites is 2. The highest BCUT2D eigenvalue weighted by Crippen LogP contribution is 2.26. The largest absolute Gasteiger partial charge is 0.341 e. The SMILES string of the molecule is O=C1CCCN1c1cnn(C2CCN(Cc3nc4ccccc4[nH]3)C2)c1. The molecule has 1 N–H and O–H groups in total. The highest BCUT2D eigenvalue weighted by molar-refractivity contribution is 5.95. The summed E-state index contributed by atoms with van der Waals surface area (Å²) in [6, 6.07) is 8.48. The number of H-pyrrole nitrogens is 1. The van der Waals surface area contributed by atoms with E-state index in [1.54, 1.807) is 0 Å². The fourth-order valence-corrected chi connectivity index (χ4v) is 4.05. The molecule has 1 atom stereocenters. The third kappa shape index (κ3) is 2.78. The molecule has 0 aliphatic carbocycles. The molecule has 0 radical (unpaired) electrons. The topological polar surface area (TPSA) is 70.1 Å². The smallest absolute Gasteiger partial charge is 0.227 e. The Morgan fingerprint density at radius 1 is 1.23 bits per heavy atom. The van der Waals surface area contributed by atoms with Gasteiger partial charge < -0.3 is 9.88 Å². The average molecular weight is 350 g/mol. The third-order valence-corrected chi connectivity index (χ3v) is 5.41.